The molecule has 0 bridgehead atoms. The second-order valence-corrected chi connectivity index (χ2v) is 10.1. The van der Waals surface area contributed by atoms with E-state index in [4.69, 9.17) is 4.74 Å². The lowest BCUT2D eigenvalue weighted by Crippen LogP contribution is -2.43. The van der Waals surface area contributed by atoms with Crippen molar-refractivity contribution in [2.45, 2.75) is 51.2 Å². The molecule has 36 heavy (non-hydrogen) atoms. The molecule has 1 aromatic heterocycles. The largest absolute Gasteiger partial charge is 0.493 e. The predicted molar refractivity (Wildman–Crippen MR) is 131 cm³/mol. The minimum atomic E-state index is -1.20. The number of aromatic nitrogens is 2. The van der Waals surface area contributed by atoms with E-state index in [2.05, 4.69) is 25.5 Å². The van der Waals surface area contributed by atoms with Crippen LogP contribution in [0.1, 0.15) is 50.0 Å². The lowest BCUT2D eigenvalue weighted by atomic mass is 9.97. The number of hydrogen-bond acceptors (Lipinski definition) is 7. The highest BCUT2D eigenvalue weighted by Gasteiger charge is 2.26. The Labute approximate surface area is 209 Å². The molecule has 2 aromatic rings. The Morgan fingerprint density at radius 1 is 1.19 bits per heavy atom. The molecule has 0 saturated carbocycles. The number of rotatable bonds is 8. The van der Waals surface area contributed by atoms with Gasteiger partial charge in [-0.15, -0.1) is 0 Å². The SMILES string of the molecule is CC(C)(F)CN1CCC(COc2ccc(-c3cnc(C(=O)NC(=O)[C@@H]4CCCN4)cn3)c(F)c2)CC1. The van der Waals surface area contributed by atoms with E-state index in [-0.39, 0.29) is 28.9 Å². The molecule has 2 amide bonds. The van der Waals surface area contributed by atoms with E-state index in [9.17, 15) is 18.4 Å². The van der Waals surface area contributed by atoms with Gasteiger partial charge in [-0.2, -0.15) is 0 Å². The highest BCUT2D eigenvalue weighted by molar-refractivity contribution is 6.05. The van der Waals surface area contributed by atoms with E-state index < -0.39 is 17.4 Å². The Hall–Kier alpha value is -2.98. The standard InChI is InChI=1S/C26H33F2N5O3/c1-26(2,28)16-33-10-7-17(8-11-33)15-36-18-5-6-19(20(27)12-18)22-13-31-23(14-30-22)25(35)32-24(34)21-4-3-9-29-21/h5-6,12-14,17,21,29H,3-4,7-11,15-16H2,1-2H3,(H,32,34,35)/t21-/m0/s1. The molecule has 0 unspecified atom stereocenters. The van der Waals surface area contributed by atoms with E-state index in [0.29, 0.717) is 31.2 Å². The van der Waals surface area contributed by atoms with Crippen molar-refractivity contribution in [2.75, 3.05) is 32.8 Å². The van der Waals surface area contributed by atoms with Crippen LogP contribution in [0.2, 0.25) is 0 Å². The zero-order valence-electron chi connectivity index (χ0n) is 20.7. The molecule has 2 saturated heterocycles. The molecule has 1 aromatic carbocycles. The summed E-state index contributed by atoms with van der Waals surface area (Å²) in [6.45, 7) is 6.49. The molecular formula is C26H33F2N5O3. The van der Waals surface area contributed by atoms with Crippen LogP contribution in [0.25, 0.3) is 11.3 Å². The molecule has 2 fully saturated rings. The second-order valence-electron chi connectivity index (χ2n) is 10.1. The molecule has 2 N–H and O–H groups in total. The monoisotopic (exact) mass is 501 g/mol. The number of carbonyl (C=O) groups is 2. The molecule has 194 valence electrons. The quantitative estimate of drug-likeness (QED) is 0.537. The highest BCUT2D eigenvalue weighted by atomic mass is 19.1. The Morgan fingerprint density at radius 3 is 2.58 bits per heavy atom. The van der Waals surface area contributed by atoms with Crippen molar-refractivity contribution in [1.82, 2.24) is 25.5 Å². The highest BCUT2D eigenvalue weighted by Crippen LogP contribution is 2.26. The molecule has 8 nitrogen and oxygen atoms in total. The van der Waals surface area contributed by atoms with E-state index >= 15 is 0 Å². The van der Waals surface area contributed by atoms with Crippen molar-refractivity contribution in [3.63, 3.8) is 0 Å². The maximum atomic E-state index is 14.8. The third-order valence-corrected chi connectivity index (χ3v) is 6.51. The van der Waals surface area contributed by atoms with E-state index in [1.165, 1.54) is 18.5 Å². The number of nitrogens with one attached hydrogen (secondary N) is 2. The van der Waals surface area contributed by atoms with Gasteiger partial charge in [-0.05, 0) is 77.2 Å². The Morgan fingerprint density at radius 2 is 1.97 bits per heavy atom. The van der Waals surface area contributed by atoms with Crippen molar-refractivity contribution in [1.29, 1.82) is 0 Å². The summed E-state index contributed by atoms with van der Waals surface area (Å²) < 4.78 is 34.5. The van der Waals surface area contributed by atoms with E-state index in [0.717, 1.165) is 38.9 Å². The summed E-state index contributed by atoms with van der Waals surface area (Å²) in [5.74, 6) is -0.781. The zero-order valence-corrected chi connectivity index (χ0v) is 20.7. The second kappa shape index (κ2) is 11.4. The van der Waals surface area contributed by atoms with Gasteiger partial charge in [-0.25, -0.2) is 13.8 Å². The first-order valence-electron chi connectivity index (χ1n) is 12.4. The Kier molecular flexibility index (Phi) is 8.25. The fourth-order valence-corrected chi connectivity index (χ4v) is 4.61. The van der Waals surface area contributed by atoms with Gasteiger partial charge in [0.25, 0.3) is 5.91 Å². The molecule has 2 aliphatic heterocycles. The normalized spacial score (nSPS) is 19.3. The van der Waals surface area contributed by atoms with E-state index in [1.54, 1.807) is 26.0 Å². The number of amides is 2. The molecule has 0 radical (unpaired) electrons. The molecule has 3 heterocycles. The number of carbonyl (C=O) groups excluding carboxylic acids is 2. The number of hydrogen-bond donors (Lipinski definition) is 2. The minimum Gasteiger partial charge on any atom is -0.493 e. The van der Waals surface area contributed by atoms with Crippen LogP contribution < -0.4 is 15.4 Å². The van der Waals surface area contributed by atoms with Gasteiger partial charge in [0.2, 0.25) is 5.91 Å². The van der Waals surface area contributed by atoms with Gasteiger partial charge in [0.1, 0.15) is 22.9 Å². The van der Waals surface area contributed by atoms with Crippen molar-refractivity contribution in [3.05, 3.63) is 42.1 Å². The van der Waals surface area contributed by atoms with Crippen LogP contribution in [0.5, 0.6) is 5.75 Å². The van der Waals surface area contributed by atoms with Crippen LogP contribution in [-0.2, 0) is 4.79 Å². The van der Waals surface area contributed by atoms with Crippen molar-refractivity contribution < 1.29 is 23.1 Å². The molecule has 0 spiro atoms. The summed E-state index contributed by atoms with van der Waals surface area (Å²) >= 11 is 0. The first kappa shape index (κ1) is 26.1. The van der Waals surface area contributed by atoms with E-state index in [1.807, 2.05) is 0 Å². The Balaban J connectivity index is 1.28. The topological polar surface area (TPSA) is 96.5 Å². The average molecular weight is 502 g/mol. The molecule has 10 heteroatoms. The lowest BCUT2D eigenvalue weighted by molar-refractivity contribution is -0.121. The molecule has 4 rings (SSSR count). The number of likely N-dealkylation sites (tertiary alicyclic amines) is 1. The fourth-order valence-electron chi connectivity index (χ4n) is 4.61. The molecular weight excluding hydrogens is 468 g/mol. The zero-order chi connectivity index (χ0) is 25.7. The van der Waals surface area contributed by atoms with Gasteiger partial charge in [-0.1, -0.05) is 0 Å². The molecule has 0 aliphatic carbocycles. The summed E-state index contributed by atoms with van der Waals surface area (Å²) in [7, 11) is 0. The molecule has 2 aliphatic rings. The predicted octanol–water partition coefficient (Wildman–Crippen LogP) is 3.13. The van der Waals surface area contributed by atoms with Crippen LogP contribution in [0.3, 0.4) is 0 Å². The minimum absolute atomic E-state index is 0.0217. The first-order chi connectivity index (χ1) is 17.2. The van der Waals surface area contributed by atoms with Crippen LogP contribution in [0.15, 0.2) is 30.6 Å². The van der Waals surface area contributed by atoms with Gasteiger partial charge in [0.15, 0.2) is 0 Å². The van der Waals surface area contributed by atoms with Crippen molar-refractivity contribution in [2.24, 2.45) is 5.92 Å². The number of imide groups is 1. The maximum Gasteiger partial charge on any atom is 0.278 e. The number of piperidine rings is 1. The summed E-state index contributed by atoms with van der Waals surface area (Å²) in [6.07, 6.45) is 5.92. The van der Waals surface area contributed by atoms with Gasteiger partial charge < -0.3 is 15.0 Å². The number of ether oxygens (including phenoxy) is 1. The first-order valence-corrected chi connectivity index (χ1v) is 12.4. The number of benzene rings is 1. The third-order valence-electron chi connectivity index (χ3n) is 6.51. The average Bonchev–Trinajstić information content (AvgIpc) is 3.38. The fraction of sp³-hybridized carbons (Fsp3) is 0.538. The molecule has 1 atom stereocenters. The smallest absolute Gasteiger partial charge is 0.278 e. The van der Waals surface area contributed by atoms with Gasteiger partial charge in [-0.3, -0.25) is 19.9 Å². The van der Waals surface area contributed by atoms with Crippen molar-refractivity contribution in [3.8, 4) is 17.0 Å². The van der Waals surface area contributed by atoms with Gasteiger partial charge in [0, 0.05) is 18.2 Å². The summed E-state index contributed by atoms with van der Waals surface area (Å²) in [6, 6.07) is 4.17. The number of alkyl halides is 1. The number of nitrogens with zero attached hydrogens (tertiary/aromatic N) is 3. The summed E-state index contributed by atoms with van der Waals surface area (Å²) in [5.41, 5.74) is -0.727. The lowest BCUT2D eigenvalue weighted by Gasteiger charge is -2.34. The van der Waals surface area contributed by atoms with Crippen molar-refractivity contribution >= 4 is 11.8 Å². The van der Waals surface area contributed by atoms with Gasteiger partial charge in [0.05, 0.1) is 30.7 Å². The summed E-state index contributed by atoms with van der Waals surface area (Å²) in [4.78, 5) is 34.7. The number of halogens is 2. The maximum absolute atomic E-state index is 14.8. The van der Waals surface area contributed by atoms with Crippen LogP contribution in [0.4, 0.5) is 8.78 Å². The Bertz CT molecular complexity index is 1060. The third kappa shape index (κ3) is 7.04. The van der Waals surface area contributed by atoms with Crippen LogP contribution in [0, 0.1) is 11.7 Å². The van der Waals surface area contributed by atoms with Crippen LogP contribution >= 0.6 is 0 Å². The van der Waals surface area contributed by atoms with Gasteiger partial charge >= 0.3 is 0 Å². The van der Waals surface area contributed by atoms with Crippen LogP contribution in [-0.4, -0.2) is 71.2 Å². The summed E-state index contributed by atoms with van der Waals surface area (Å²) in [5, 5.41) is 5.34.